The lowest BCUT2D eigenvalue weighted by molar-refractivity contribution is 0.163. The number of nitrogens with one attached hydrogen (secondary N) is 1. The zero-order chi connectivity index (χ0) is 13.8. The van der Waals surface area contributed by atoms with Crippen LogP contribution in [0.15, 0.2) is 29.2 Å². The lowest BCUT2D eigenvalue weighted by Gasteiger charge is -2.17. The Kier molecular flexibility index (Phi) is 5.28. The average molecular weight is 272 g/mol. The van der Waals surface area contributed by atoms with Gasteiger partial charge in [0.2, 0.25) is 10.0 Å². The molecule has 0 saturated carbocycles. The summed E-state index contributed by atoms with van der Waals surface area (Å²) in [4.78, 5) is 0.102. The fraction of sp³-hybridized carbons (Fsp3) is 0.500. The molecule has 2 unspecified atom stereocenters. The highest BCUT2D eigenvalue weighted by molar-refractivity contribution is 7.89. The second-order valence-corrected chi connectivity index (χ2v) is 5.87. The molecular formula is C12H20N2O3S. The Morgan fingerprint density at radius 1 is 1.44 bits per heavy atom. The second kappa shape index (κ2) is 6.29. The SMILES string of the molecule is CCC(O)CNC(C)c1cccc(S(N)(=O)=O)c1. The topological polar surface area (TPSA) is 92.4 Å². The molecule has 6 heteroatoms. The van der Waals surface area contributed by atoms with E-state index in [4.69, 9.17) is 5.14 Å². The van der Waals surface area contributed by atoms with E-state index in [1.165, 1.54) is 6.07 Å². The lowest BCUT2D eigenvalue weighted by atomic mass is 10.1. The van der Waals surface area contributed by atoms with E-state index in [0.29, 0.717) is 13.0 Å². The summed E-state index contributed by atoms with van der Waals surface area (Å²) < 4.78 is 22.5. The first-order valence-electron chi connectivity index (χ1n) is 5.88. The lowest BCUT2D eigenvalue weighted by Crippen LogP contribution is -2.28. The van der Waals surface area contributed by atoms with Gasteiger partial charge in [0, 0.05) is 12.6 Å². The molecule has 0 aliphatic heterocycles. The van der Waals surface area contributed by atoms with Crippen LogP contribution in [0.4, 0.5) is 0 Å². The molecule has 1 rings (SSSR count). The van der Waals surface area contributed by atoms with Crippen LogP contribution >= 0.6 is 0 Å². The molecule has 0 saturated heterocycles. The molecule has 18 heavy (non-hydrogen) atoms. The third-order valence-corrected chi connectivity index (χ3v) is 3.73. The largest absolute Gasteiger partial charge is 0.392 e. The molecule has 0 bridgehead atoms. The number of aliphatic hydroxyl groups excluding tert-OH is 1. The molecule has 0 heterocycles. The minimum atomic E-state index is -3.67. The van der Waals surface area contributed by atoms with Crippen LogP contribution in [0.3, 0.4) is 0 Å². The normalized spacial score (nSPS) is 15.3. The summed E-state index contributed by atoms with van der Waals surface area (Å²) in [5, 5.41) is 17.7. The van der Waals surface area contributed by atoms with Gasteiger partial charge in [-0.25, -0.2) is 13.6 Å². The zero-order valence-electron chi connectivity index (χ0n) is 10.6. The van der Waals surface area contributed by atoms with Crippen molar-refractivity contribution >= 4 is 10.0 Å². The third-order valence-electron chi connectivity index (χ3n) is 2.82. The van der Waals surface area contributed by atoms with Crippen molar-refractivity contribution in [3.63, 3.8) is 0 Å². The summed E-state index contributed by atoms with van der Waals surface area (Å²) in [5.41, 5.74) is 0.824. The van der Waals surface area contributed by atoms with Crippen molar-refractivity contribution in [3.05, 3.63) is 29.8 Å². The molecule has 0 spiro atoms. The van der Waals surface area contributed by atoms with Gasteiger partial charge in [-0.3, -0.25) is 0 Å². The molecule has 0 aromatic heterocycles. The number of benzene rings is 1. The highest BCUT2D eigenvalue weighted by Crippen LogP contribution is 2.16. The first-order valence-corrected chi connectivity index (χ1v) is 7.43. The molecule has 102 valence electrons. The average Bonchev–Trinajstić information content (AvgIpc) is 2.34. The van der Waals surface area contributed by atoms with Crippen LogP contribution in [-0.2, 0) is 10.0 Å². The molecule has 5 nitrogen and oxygen atoms in total. The van der Waals surface area contributed by atoms with Crippen LogP contribution in [0.2, 0.25) is 0 Å². The van der Waals surface area contributed by atoms with Gasteiger partial charge in [0.05, 0.1) is 11.0 Å². The standard InChI is InChI=1S/C12H20N2O3S/c1-3-11(15)8-14-9(2)10-5-4-6-12(7-10)18(13,16)17/h4-7,9,11,14-15H,3,8H2,1-2H3,(H2,13,16,17). The summed E-state index contributed by atoms with van der Waals surface area (Å²) in [6.45, 7) is 4.28. The van der Waals surface area contributed by atoms with E-state index in [1.807, 2.05) is 19.9 Å². The summed E-state index contributed by atoms with van der Waals surface area (Å²) in [7, 11) is -3.67. The number of hydrogen-bond donors (Lipinski definition) is 3. The van der Waals surface area contributed by atoms with Crippen molar-refractivity contribution in [2.45, 2.75) is 37.3 Å². The molecule has 0 fully saturated rings. The van der Waals surface area contributed by atoms with E-state index in [-0.39, 0.29) is 10.9 Å². The number of rotatable bonds is 6. The Morgan fingerprint density at radius 3 is 2.67 bits per heavy atom. The van der Waals surface area contributed by atoms with Crippen LogP contribution in [0.5, 0.6) is 0 Å². The van der Waals surface area contributed by atoms with Crippen LogP contribution < -0.4 is 10.5 Å². The molecular weight excluding hydrogens is 252 g/mol. The van der Waals surface area contributed by atoms with Crippen molar-refractivity contribution in [2.75, 3.05) is 6.54 Å². The molecule has 0 aliphatic carbocycles. The zero-order valence-corrected chi connectivity index (χ0v) is 11.4. The van der Waals surface area contributed by atoms with E-state index in [0.717, 1.165) is 5.56 Å². The van der Waals surface area contributed by atoms with Crippen molar-refractivity contribution in [2.24, 2.45) is 5.14 Å². The predicted molar refractivity (Wildman–Crippen MR) is 70.5 cm³/mol. The third kappa shape index (κ3) is 4.38. The Morgan fingerprint density at radius 2 is 2.11 bits per heavy atom. The maximum atomic E-state index is 11.2. The number of primary sulfonamides is 1. The van der Waals surface area contributed by atoms with E-state index < -0.39 is 16.1 Å². The predicted octanol–water partition coefficient (Wildman–Crippen LogP) is 0.755. The number of sulfonamides is 1. The Labute approximate surface area is 108 Å². The van der Waals surface area contributed by atoms with Gasteiger partial charge in [-0.05, 0) is 31.0 Å². The monoisotopic (exact) mass is 272 g/mol. The highest BCUT2D eigenvalue weighted by Gasteiger charge is 2.12. The molecule has 0 amide bonds. The van der Waals surface area contributed by atoms with E-state index in [9.17, 15) is 13.5 Å². The van der Waals surface area contributed by atoms with Gasteiger partial charge in [-0.1, -0.05) is 19.1 Å². The van der Waals surface area contributed by atoms with E-state index >= 15 is 0 Å². The highest BCUT2D eigenvalue weighted by atomic mass is 32.2. The van der Waals surface area contributed by atoms with E-state index in [2.05, 4.69) is 5.32 Å². The number of aliphatic hydroxyl groups is 1. The van der Waals surface area contributed by atoms with Gasteiger partial charge < -0.3 is 10.4 Å². The second-order valence-electron chi connectivity index (χ2n) is 4.31. The van der Waals surface area contributed by atoms with Gasteiger partial charge in [0.25, 0.3) is 0 Å². The van der Waals surface area contributed by atoms with Gasteiger partial charge in [-0.15, -0.1) is 0 Å². The van der Waals surface area contributed by atoms with Crippen LogP contribution in [0, 0.1) is 0 Å². The maximum Gasteiger partial charge on any atom is 0.238 e. The molecule has 1 aromatic carbocycles. The molecule has 1 aromatic rings. The van der Waals surface area contributed by atoms with Gasteiger partial charge in [-0.2, -0.15) is 0 Å². The Bertz CT molecular complexity index is 488. The molecule has 4 N–H and O–H groups in total. The van der Waals surface area contributed by atoms with Crippen molar-refractivity contribution < 1.29 is 13.5 Å². The van der Waals surface area contributed by atoms with Crippen LogP contribution in [0.1, 0.15) is 31.9 Å². The van der Waals surface area contributed by atoms with Crippen LogP contribution in [0.25, 0.3) is 0 Å². The summed E-state index contributed by atoms with van der Waals surface area (Å²) in [6.07, 6.45) is 0.283. The number of nitrogens with two attached hydrogens (primary N) is 1. The van der Waals surface area contributed by atoms with E-state index in [1.54, 1.807) is 12.1 Å². The minimum absolute atomic E-state index is 0.0482. The van der Waals surface area contributed by atoms with Gasteiger partial charge >= 0.3 is 0 Å². The van der Waals surface area contributed by atoms with Crippen molar-refractivity contribution in [3.8, 4) is 0 Å². The Hall–Kier alpha value is -0.950. The molecule has 0 aliphatic rings. The van der Waals surface area contributed by atoms with Gasteiger partial charge in [0.15, 0.2) is 0 Å². The molecule has 2 atom stereocenters. The van der Waals surface area contributed by atoms with Gasteiger partial charge in [0.1, 0.15) is 0 Å². The maximum absolute atomic E-state index is 11.2. The van der Waals surface area contributed by atoms with Crippen LogP contribution in [-0.4, -0.2) is 26.2 Å². The fourth-order valence-electron chi connectivity index (χ4n) is 1.54. The van der Waals surface area contributed by atoms with Crippen molar-refractivity contribution in [1.82, 2.24) is 5.32 Å². The minimum Gasteiger partial charge on any atom is -0.392 e. The smallest absolute Gasteiger partial charge is 0.238 e. The fourth-order valence-corrected chi connectivity index (χ4v) is 2.10. The first-order chi connectivity index (χ1) is 8.34. The summed E-state index contributed by atoms with van der Waals surface area (Å²) >= 11 is 0. The first kappa shape index (κ1) is 15.1. The van der Waals surface area contributed by atoms with Crippen molar-refractivity contribution in [1.29, 1.82) is 0 Å². The quantitative estimate of drug-likeness (QED) is 0.712. The number of hydrogen-bond acceptors (Lipinski definition) is 4. The molecule has 0 radical (unpaired) electrons. The summed E-state index contributed by atoms with van der Waals surface area (Å²) in [6, 6.07) is 6.44. The Balaban J connectivity index is 2.78. The summed E-state index contributed by atoms with van der Waals surface area (Å²) in [5.74, 6) is 0.